The quantitative estimate of drug-likeness (QED) is 0.486. The van der Waals surface area contributed by atoms with Gasteiger partial charge in [0.1, 0.15) is 11.6 Å². The molecule has 0 heterocycles. The van der Waals surface area contributed by atoms with Crippen molar-refractivity contribution in [2.24, 2.45) is 0 Å². The zero-order valence-corrected chi connectivity index (χ0v) is 8.28. The smallest absolute Gasteiger partial charge is 0.243 e. The van der Waals surface area contributed by atoms with Gasteiger partial charge in [-0.05, 0) is 12.1 Å². The van der Waals surface area contributed by atoms with Crippen molar-refractivity contribution in [2.45, 2.75) is 4.90 Å². The Bertz CT molecular complexity index is 417. The summed E-state index contributed by atoms with van der Waals surface area (Å²) in [5, 5.41) is 10.0. The molecular weight excluding hydrogens is 222 g/mol. The Hall–Kier alpha value is -1.61. The van der Waals surface area contributed by atoms with Crippen LogP contribution in [0.4, 0.5) is 8.78 Å². The Morgan fingerprint density at radius 1 is 1.53 bits per heavy atom. The number of carbonyl (C=O) groups excluding carboxylic acids is 1. The van der Waals surface area contributed by atoms with Crippen molar-refractivity contribution in [3.63, 3.8) is 0 Å². The zero-order chi connectivity index (χ0) is 11.3. The van der Waals surface area contributed by atoms with Crippen molar-refractivity contribution in [2.75, 3.05) is 5.75 Å². The van der Waals surface area contributed by atoms with Gasteiger partial charge >= 0.3 is 0 Å². The minimum atomic E-state index is -0.718. The number of hydrogen-bond acceptors (Lipinski definition) is 3. The fourth-order valence-corrected chi connectivity index (χ4v) is 1.55. The first-order valence-electron chi connectivity index (χ1n) is 3.89. The van der Waals surface area contributed by atoms with Crippen LogP contribution in [0.5, 0.6) is 0 Å². The van der Waals surface area contributed by atoms with E-state index in [2.05, 4.69) is 0 Å². The van der Waals surface area contributed by atoms with E-state index >= 15 is 0 Å². The normalized spacial score (nSPS) is 9.40. The van der Waals surface area contributed by atoms with Gasteiger partial charge in [-0.2, -0.15) is 5.26 Å². The van der Waals surface area contributed by atoms with Crippen LogP contribution in [0.2, 0.25) is 0 Å². The SMILES string of the molecule is N#CNC(=O)CSc1ccc(F)cc1F. The first kappa shape index (κ1) is 11.5. The molecule has 1 rings (SSSR count). The summed E-state index contributed by atoms with van der Waals surface area (Å²) in [5.41, 5.74) is 0. The van der Waals surface area contributed by atoms with Gasteiger partial charge in [0.2, 0.25) is 5.91 Å². The minimum absolute atomic E-state index is 0.0872. The Morgan fingerprint density at radius 2 is 2.27 bits per heavy atom. The Labute approximate surface area is 89.1 Å². The Kier molecular flexibility index (Phi) is 4.06. The number of thioether (sulfide) groups is 1. The third-order valence-electron chi connectivity index (χ3n) is 1.45. The molecule has 3 nitrogen and oxygen atoms in total. The summed E-state index contributed by atoms with van der Waals surface area (Å²) < 4.78 is 25.5. The molecule has 78 valence electrons. The summed E-state index contributed by atoms with van der Waals surface area (Å²) in [4.78, 5) is 11.0. The second-order valence-electron chi connectivity index (χ2n) is 2.52. The number of halogens is 2. The average molecular weight is 228 g/mol. The molecule has 0 bridgehead atoms. The van der Waals surface area contributed by atoms with Gasteiger partial charge in [0.15, 0.2) is 6.19 Å². The van der Waals surface area contributed by atoms with E-state index < -0.39 is 17.5 Å². The maximum atomic E-state index is 13.0. The lowest BCUT2D eigenvalue weighted by atomic mass is 10.3. The van der Waals surface area contributed by atoms with Crippen LogP contribution in [0, 0.1) is 23.1 Å². The third-order valence-corrected chi connectivity index (χ3v) is 2.50. The van der Waals surface area contributed by atoms with Crippen LogP contribution in [-0.2, 0) is 4.79 Å². The molecule has 1 amide bonds. The number of nitrogens with one attached hydrogen (secondary N) is 1. The summed E-state index contributed by atoms with van der Waals surface area (Å²) in [7, 11) is 0. The highest BCUT2D eigenvalue weighted by atomic mass is 32.2. The standard InChI is InChI=1S/C9H6F2N2OS/c10-6-1-2-8(7(11)3-6)15-4-9(14)13-5-12/h1-3H,4H2,(H,13,14). The van der Waals surface area contributed by atoms with Crippen molar-refractivity contribution in [1.82, 2.24) is 5.32 Å². The van der Waals surface area contributed by atoms with E-state index in [9.17, 15) is 13.6 Å². The number of nitriles is 1. The lowest BCUT2D eigenvalue weighted by Gasteiger charge is -2.01. The van der Waals surface area contributed by atoms with Gasteiger partial charge in [0.25, 0.3) is 0 Å². The third kappa shape index (κ3) is 3.56. The van der Waals surface area contributed by atoms with E-state index in [1.807, 2.05) is 5.32 Å². The van der Waals surface area contributed by atoms with Crippen LogP contribution in [-0.4, -0.2) is 11.7 Å². The van der Waals surface area contributed by atoms with Gasteiger partial charge < -0.3 is 0 Å². The minimum Gasteiger partial charge on any atom is -0.273 e. The Balaban J connectivity index is 2.59. The van der Waals surface area contributed by atoms with E-state index in [-0.39, 0.29) is 10.6 Å². The van der Waals surface area contributed by atoms with Crippen molar-refractivity contribution in [3.05, 3.63) is 29.8 Å². The van der Waals surface area contributed by atoms with E-state index in [1.165, 1.54) is 12.3 Å². The first-order valence-corrected chi connectivity index (χ1v) is 4.88. The largest absolute Gasteiger partial charge is 0.273 e. The first-order chi connectivity index (χ1) is 7.13. The molecule has 0 unspecified atom stereocenters. The number of rotatable bonds is 3. The summed E-state index contributed by atoms with van der Waals surface area (Å²) in [6, 6.07) is 3.09. The Morgan fingerprint density at radius 3 is 2.87 bits per heavy atom. The molecule has 1 aromatic rings. The molecule has 0 aliphatic rings. The van der Waals surface area contributed by atoms with Crippen LogP contribution < -0.4 is 5.32 Å². The van der Waals surface area contributed by atoms with Crippen molar-refractivity contribution >= 4 is 17.7 Å². The van der Waals surface area contributed by atoms with E-state index in [4.69, 9.17) is 5.26 Å². The van der Waals surface area contributed by atoms with Gasteiger partial charge in [0.05, 0.1) is 5.75 Å². The second kappa shape index (κ2) is 5.32. The maximum absolute atomic E-state index is 13.0. The number of hydrogen-bond donors (Lipinski definition) is 1. The maximum Gasteiger partial charge on any atom is 0.243 e. The summed E-state index contributed by atoms with van der Waals surface area (Å²) in [5.74, 6) is -2.00. The van der Waals surface area contributed by atoms with Crippen molar-refractivity contribution in [1.29, 1.82) is 5.26 Å². The molecule has 0 aliphatic heterocycles. The molecule has 0 saturated heterocycles. The van der Waals surface area contributed by atoms with E-state index in [0.717, 1.165) is 23.9 Å². The second-order valence-corrected chi connectivity index (χ2v) is 3.54. The number of nitrogens with zero attached hydrogens (tertiary/aromatic N) is 1. The zero-order valence-electron chi connectivity index (χ0n) is 7.46. The molecule has 0 radical (unpaired) electrons. The summed E-state index contributed by atoms with van der Waals surface area (Å²) in [6.45, 7) is 0. The highest BCUT2D eigenvalue weighted by molar-refractivity contribution is 8.00. The lowest BCUT2D eigenvalue weighted by Crippen LogP contribution is -2.19. The predicted octanol–water partition coefficient (Wildman–Crippen LogP) is 1.65. The van der Waals surface area contributed by atoms with E-state index in [0.29, 0.717) is 0 Å². The molecule has 0 atom stereocenters. The molecular formula is C9H6F2N2OS. The van der Waals surface area contributed by atoms with Gasteiger partial charge in [-0.25, -0.2) is 8.78 Å². The molecule has 1 N–H and O–H groups in total. The lowest BCUT2D eigenvalue weighted by molar-refractivity contribution is -0.117. The van der Waals surface area contributed by atoms with Crippen LogP contribution in [0.1, 0.15) is 0 Å². The van der Waals surface area contributed by atoms with Crippen LogP contribution in [0.25, 0.3) is 0 Å². The summed E-state index contributed by atoms with van der Waals surface area (Å²) in [6.07, 6.45) is 1.46. The molecule has 0 aromatic heterocycles. The van der Waals surface area contributed by atoms with Crippen molar-refractivity contribution < 1.29 is 13.6 Å². The monoisotopic (exact) mass is 228 g/mol. The van der Waals surface area contributed by atoms with Crippen LogP contribution in [0.15, 0.2) is 23.1 Å². The number of amides is 1. The number of carbonyl (C=O) groups is 1. The summed E-state index contributed by atoms with van der Waals surface area (Å²) >= 11 is 0.899. The molecule has 0 spiro atoms. The van der Waals surface area contributed by atoms with Crippen LogP contribution >= 0.6 is 11.8 Å². The fraction of sp³-hybridized carbons (Fsp3) is 0.111. The van der Waals surface area contributed by atoms with Gasteiger partial charge in [-0.15, -0.1) is 11.8 Å². The fourth-order valence-electron chi connectivity index (χ4n) is 0.834. The van der Waals surface area contributed by atoms with Crippen molar-refractivity contribution in [3.8, 4) is 6.19 Å². The highest BCUT2D eigenvalue weighted by Crippen LogP contribution is 2.21. The molecule has 1 aromatic carbocycles. The van der Waals surface area contributed by atoms with Gasteiger partial charge in [-0.1, -0.05) is 0 Å². The molecule has 0 saturated carbocycles. The van der Waals surface area contributed by atoms with Crippen LogP contribution in [0.3, 0.4) is 0 Å². The predicted molar refractivity (Wildman–Crippen MR) is 50.8 cm³/mol. The molecule has 15 heavy (non-hydrogen) atoms. The van der Waals surface area contributed by atoms with E-state index in [1.54, 1.807) is 0 Å². The number of benzene rings is 1. The molecule has 6 heteroatoms. The van der Waals surface area contributed by atoms with Gasteiger partial charge in [0, 0.05) is 11.0 Å². The molecule has 0 aliphatic carbocycles. The average Bonchev–Trinajstić information content (AvgIpc) is 2.17. The topological polar surface area (TPSA) is 52.9 Å². The highest BCUT2D eigenvalue weighted by Gasteiger charge is 2.07. The van der Waals surface area contributed by atoms with Gasteiger partial charge in [-0.3, -0.25) is 10.1 Å². The molecule has 0 fully saturated rings.